The van der Waals surface area contributed by atoms with Gasteiger partial charge in [-0.3, -0.25) is 4.79 Å². The average molecular weight is 271 g/mol. The highest BCUT2D eigenvalue weighted by atomic mass is 79.9. The van der Waals surface area contributed by atoms with Gasteiger partial charge in [-0.15, -0.1) is 0 Å². The van der Waals surface area contributed by atoms with Crippen LogP contribution >= 0.6 is 15.9 Å². The van der Waals surface area contributed by atoms with Crippen molar-refractivity contribution in [2.45, 2.75) is 19.9 Å². The van der Waals surface area contributed by atoms with Crippen LogP contribution in [0.15, 0.2) is 22.7 Å². The molecule has 4 heteroatoms. The Morgan fingerprint density at radius 3 is 2.73 bits per heavy atom. The Morgan fingerprint density at radius 2 is 2.13 bits per heavy atom. The highest BCUT2D eigenvalue weighted by Gasteiger charge is 2.11. The first kappa shape index (κ1) is 12.0. The molecular formula is C11H15BrN2O. The number of halogens is 1. The van der Waals surface area contributed by atoms with Gasteiger partial charge in [0.15, 0.2) is 0 Å². The lowest BCUT2D eigenvalue weighted by Gasteiger charge is -2.15. The smallest absolute Gasteiger partial charge is 0.241 e. The van der Waals surface area contributed by atoms with Gasteiger partial charge in [-0.2, -0.15) is 0 Å². The molecule has 0 spiro atoms. The Bertz CT molecular complexity index is 366. The fraction of sp³-hybridized carbons (Fsp3) is 0.364. The van der Waals surface area contributed by atoms with Crippen LogP contribution in [0.5, 0.6) is 0 Å². The summed E-state index contributed by atoms with van der Waals surface area (Å²) in [5.74, 6) is -0.0246. The van der Waals surface area contributed by atoms with Crippen molar-refractivity contribution < 1.29 is 4.79 Å². The third-order valence-electron chi connectivity index (χ3n) is 2.13. The molecule has 0 heterocycles. The Labute approximate surface area is 98.4 Å². The van der Waals surface area contributed by atoms with Crippen molar-refractivity contribution in [1.82, 2.24) is 5.32 Å². The SMILES string of the molecule is CNC(=O)C(C)Nc1cc(C)ccc1Br. The number of carbonyl (C=O) groups is 1. The molecule has 3 nitrogen and oxygen atoms in total. The predicted molar refractivity (Wildman–Crippen MR) is 66.0 cm³/mol. The minimum absolute atomic E-state index is 0.0246. The fourth-order valence-electron chi connectivity index (χ4n) is 1.27. The highest BCUT2D eigenvalue weighted by Crippen LogP contribution is 2.23. The molecule has 1 aromatic rings. The summed E-state index contributed by atoms with van der Waals surface area (Å²) in [5, 5.41) is 5.75. The van der Waals surface area contributed by atoms with Crippen molar-refractivity contribution in [3.05, 3.63) is 28.2 Å². The molecule has 0 aliphatic carbocycles. The van der Waals surface area contributed by atoms with Gasteiger partial charge in [0.05, 0.1) is 0 Å². The third kappa shape index (κ3) is 3.23. The Kier molecular flexibility index (Phi) is 4.15. The van der Waals surface area contributed by atoms with Gasteiger partial charge in [-0.05, 0) is 47.5 Å². The number of likely N-dealkylation sites (N-methyl/N-ethyl adjacent to an activating group) is 1. The van der Waals surface area contributed by atoms with E-state index in [0.717, 1.165) is 15.7 Å². The summed E-state index contributed by atoms with van der Waals surface area (Å²) in [7, 11) is 1.63. The maximum absolute atomic E-state index is 11.3. The molecule has 82 valence electrons. The number of carbonyl (C=O) groups excluding carboxylic acids is 1. The van der Waals surface area contributed by atoms with Crippen molar-refractivity contribution in [3.63, 3.8) is 0 Å². The zero-order valence-corrected chi connectivity index (χ0v) is 10.7. The second-order valence-electron chi connectivity index (χ2n) is 3.46. The van der Waals surface area contributed by atoms with Gasteiger partial charge < -0.3 is 10.6 Å². The van der Waals surface area contributed by atoms with Crippen molar-refractivity contribution >= 4 is 27.5 Å². The molecule has 1 amide bonds. The van der Waals surface area contributed by atoms with E-state index in [2.05, 4.69) is 26.6 Å². The molecule has 0 radical (unpaired) electrons. The Hall–Kier alpha value is -1.03. The van der Waals surface area contributed by atoms with Gasteiger partial charge in [0, 0.05) is 17.2 Å². The number of rotatable bonds is 3. The van der Waals surface area contributed by atoms with Crippen molar-refractivity contribution in [2.75, 3.05) is 12.4 Å². The molecule has 1 rings (SSSR count). The van der Waals surface area contributed by atoms with E-state index >= 15 is 0 Å². The summed E-state index contributed by atoms with van der Waals surface area (Å²) in [4.78, 5) is 11.3. The van der Waals surface area contributed by atoms with E-state index in [0.29, 0.717) is 0 Å². The number of hydrogen-bond acceptors (Lipinski definition) is 2. The number of anilines is 1. The number of amides is 1. The Morgan fingerprint density at radius 1 is 1.47 bits per heavy atom. The fourth-order valence-corrected chi connectivity index (χ4v) is 1.63. The van der Waals surface area contributed by atoms with Crippen molar-refractivity contribution in [3.8, 4) is 0 Å². The molecular weight excluding hydrogens is 256 g/mol. The second kappa shape index (κ2) is 5.16. The van der Waals surface area contributed by atoms with Gasteiger partial charge in [0.2, 0.25) is 5.91 Å². The van der Waals surface area contributed by atoms with E-state index in [9.17, 15) is 4.79 Å². The topological polar surface area (TPSA) is 41.1 Å². The Balaban J connectivity index is 2.80. The van der Waals surface area contributed by atoms with Gasteiger partial charge in [0.1, 0.15) is 6.04 Å². The summed E-state index contributed by atoms with van der Waals surface area (Å²) in [6.07, 6.45) is 0. The molecule has 1 unspecified atom stereocenters. The molecule has 0 aliphatic rings. The van der Waals surface area contributed by atoms with E-state index < -0.39 is 0 Å². The van der Waals surface area contributed by atoms with Gasteiger partial charge >= 0.3 is 0 Å². The molecule has 2 N–H and O–H groups in total. The molecule has 0 saturated heterocycles. The highest BCUT2D eigenvalue weighted by molar-refractivity contribution is 9.10. The quantitative estimate of drug-likeness (QED) is 0.885. The summed E-state index contributed by atoms with van der Waals surface area (Å²) in [6, 6.07) is 5.74. The first-order valence-corrected chi connectivity index (χ1v) is 5.58. The molecule has 0 aromatic heterocycles. The maximum atomic E-state index is 11.3. The lowest BCUT2D eigenvalue weighted by atomic mass is 10.2. The van der Waals surface area contributed by atoms with Crippen LogP contribution in [-0.4, -0.2) is 19.0 Å². The lowest BCUT2D eigenvalue weighted by Crippen LogP contribution is -2.35. The minimum Gasteiger partial charge on any atom is -0.373 e. The number of benzene rings is 1. The van der Waals surface area contributed by atoms with Gasteiger partial charge in [-0.1, -0.05) is 6.07 Å². The summed E-state index contributed by atoms with van der Waals surface area (Å²) in [6.45, 7) is 3.84. The molecule has 0 fully saturated rings. The van der Waals surface area contributed by atoms with Crippen LogP contribution in [0.1, 0.15) is 12.5 Å². The monoisotopic (exact) mass is 270 g/mol. The van der Waals surface area contributed by atoms with Gasteiger partial charge in [0.25, 0.3) is 0 Å². The first-order valence-electron chi connectivity index (χ1n) is 4.79. The van der Waals surface area contributed by atoms with Crippen LogP contribution < -0.4 is 10.6 Å². The average Bonchev–Trinajstić information content (AvgIpc) is 2.22. The maximum Gasteiger partial charge on any atom is 0.241 e. The molecule has 1 atom stereocenters. The van der Waals surface area contributed by atoms with Crippen LogP contribution in [0.4, 0.5) is 5.69 Å². The van der Waals surface area contributed by atoms with Crippen molar-refractivity contribution in [1.29, 1.82) is 0 Å². The van der Waals surface area contributed by atoms with Crippen LogP contribution in [0.3, 0.4) is 0 Å². The summed E-state index contributed by atoms with van der Waals surface area (Å²) in [5.41, 5.74) is 2.09. The standard InChI is InChI=1S/C11H15BrN2O/c1-7-4-5-9(12)10(6-7)14-8(2)11(15)13-3/h4-6,8,14H,1-3H3,(H,13,15). The number of nitrogens with one attached hydrogen (secondary N) is 2. The van der Waals surface area contributed by atoms with Crippen LogP contribution in [-0.2, 0) is 4.79 Å². The lowest BCUT2D eigenvalue weighted by molar-refractivity contribution is -0.121. The third-order valence-corrected chi connectivity index (χ3v) is 2.83. The van der Waals surface area contributed by atoms with E-state index in [1.807, 2.05) is 32.0 Å². The van der Waals surface area contributed by atoms with E-state index in [-0.39, 0.29) is 11.9 Å². The molecule has 1 aromatic carbocycles. The van der Waals surface area contributed by atoms with Crippen molar-refractivity contribution in [2.24, 2.45) is 0 Å². The van der Waals surface area contributed by atoms with E-state index in [1.165, 1.54) is 0 Å². The zero-order chi connectivity index (χ0) is 11.4. The number of hydrogen-bond donors (Lipinski definition) is 2. The predicted octanol–water partition coefficient (Wildman–Crippen LogP) is 2.30. The van der Waals surface area contributed by atoms with E-state index in [1.54, 1.807) is 7.05 Å². The number of aryl methyl sites for hydroxylation is 1. The van der Waals surface area contributed by atoms with E-state index in [4.69, 9.17) is 0 Å². The zero-order valence-electron chi connectivity index (χ0n) is 9.10. The van der Waals surface area contributed by atoms with Crippen LogP contribution in [0, 0.1) is 6.92 Å². The summed E-state index contributed by atoms with van der Waals surface area (Å²) < 4.78 is 0.962. The van der Waals surface area contributed by atoms with Gasteiger partial charge in [-0.25, -0.2) is 0 Å². The first-order chi connectivity index (χ1) is 7.04. The molecule has 0 bridgehead atoms. The molecule has 0 aliphatic heterocycles. The molecule has 0 saturated carbocycles. The largest absolute Gasteiger partial charge is 0.373 e. The van der Waals surface area contributed by atoms with Crippen LogP contribution in [0.2, 0.25) is 0 Å². The minimum atomic E-state index is -0.243. The normalized spacial score (nSPS) is 12.0. The van der Waals surface area contributed by atoms with Crippen LogP contribution in [0.25, 0.3) is 0 Å². The second-order valence-corrected chi connectivity index (χ2v) is 4.32. The molecule has 15 heavy (non-hydrogen) atoms. The summed E-state index contributed by atoms with van der Waals surface area (Å²) >= 11 is 3.44.